The van der Waals surface area contributed by atoms with Crippen LogP contribution in [0.4, 0.5) is 18.9 Å². The summed E-state index contributed by atoms with van der Waals surface area (Å²) in [5.41, 5.74) is 4.51. The molecule has 1 fully saturated rings. The van der Waals surface area contributed by atoms with Gasteiger partial charge in [0.2, 0.25) is 11.8 Å². The number of nitrogen functional groups attached to an aromatic ring is 1. The molecule has 108 valence electrons. The molecular weight excluding hydrogens is 275 g/mol. The second-order valence-corrected chi connectivity index (χ2v) is 4.53. The molecule has 0 radical (unpaired) electrons. The third kappa shape index (κ3) is 3.27. The second-order valence-electron chi connectivity index (χ2n) is 4.53. The molecule has 0 aliphatic carbocycles. The molecule has 3 N–H and O–H groups in total. The monoisotopic (exact) mass is 287 g/mol. The molecule has 1 aliphatic rings. The van der Waals surface area contributed by atoms with Crippen molar-refractivity contribution in [3.8, 4) is 0 Å². The predicted molar refractivity (Wildman–Crippen MR) is 64.3 cm³/mol. The fraction of sp³-hybridized carbons (Fsp3) is 0.333. The number of nitrogens with one attached hydrogen (secondary N) is 1. The van der Waals surface area contributed by atoms with Gasteiger partial charge in [-0.2, -0.15) is 13.2 Å². The van der Waals surface area contributed by atoms with Crippen LogP contribution in [0.1, 0.15) is 11.1 Å². The minimum Gasteiger partial charge on any atom is -0.399 e. The normalized spacial score (nSPS) is 17.1. The Morgan fingerprint density at radius 2 is 1.80 bits per heavy atom. The molecular formula is C12H12F3N3O2. The Bertz CT molecular complexity index is 541. The molecule has 0 unspecified atom stereocenters. The first-order chi connectivity index (χ1) is 9.25. The number of nitrogens with two attached hydrogens (primary N) is 1. The van der Waals surface area contributed by atoms with Crippen LogP contribution < -0.4 is 11.1 Å². The van der Waals surface area contributed by atoms with E-state index in [1.165, 1.54) is 17.0 Å². The van der Waals surface area contributed by atoms with Crippen LogP contribution in [0, 0.1) is 0 Å². The molecule has 20 heavy (non-hydrogen) atoms. The highest BCUT2D eigenvalue weighted by Gasteiger charge is 2.34. The highest BCUT2D eigenvalue weighted by Crippen LogP contribution is 2.33. The van der Waals surface area contributed by atoms with E-state index in [0.717, 1.165) is 6.07 Å². The van der Waals surface area contributed by atoms with Gasteiger partial charge >= 0.3 is 6.18 Å². The summed E-state index contributed by atoms with van der Waals surface area (Å²) >= 11 is 0. The van der Waals surface area contributed by atoms with Gasteiger partial charge in [-0.3, -0.25) is 19.8 Å². The number of piperazine rings is 1. The number of hydrogen-bond acceptors (Lipinski definition) is 4. The van der Waals surface area contributed by atoms with Crippen LogP contribution in [-0.4, -0.2) is 29.8 Å². The van der Waals surface area contributed by atoms with Crippen LogP contribution in [0.5, 0.6) is 0 Å². The number of carbonyl (C=O) groups excluding carboxylic acids is 2. The van der Waals surface area contributed by atoms with Crippen LogP contribution in [0.25, 0.3) is 0 Å². The van der Waals surface area contributed by atoms with Crippen LogP contribution in [0.3, 0.4) is 0 Å². The summed E-state index contributed by atoms with van der Waals surface area (Å²) in [5, 5.41) is 2.09. The van der Waals surface area contributed by atoms with E-state index in [-0.39, 0.29) is 30.9 Å². The zero-order valence-electron chi connectivity index (χ0n) is 10.3. The quantitative estimate of drug-likeness (QED) is 0.621. The molecule has 2 amide bonds. The first-order valence-corrected chi connectivity index (χ1v) is 5.76. The molecule has 5 nitrogen and oxygen atoms in total. The third-order valence-electron chi connectivity index (χ3n) is 2.85. The smallest absolute Gasteiger partial charge is 0.399 e. The lowest BCUT2D eigenvalue weighted by Gasteiger charge is -2.26. The van der Waals surface area contributed by atoms with Gasteiger partial charge < -0.3 is 5.73 Å². The highest BCUT2D eigenvalue weighted by atomic mass is 19.4. The average molecular weight is 287 g/mol. The minimum absolute atomic E-state index is 0.00791. The fourth-order valence-corrected chi connectivity index (χ4v) is 2.05. The predicted octanol–water partition coefficient (Wildman–Crippen LogP) is 0.746. The SMILES string of the molecule is Nc1ccc(CN2CC(=O)NC(=O)C2)c(C(F)(F)F)c1. The van der Waals surface area contributed by atoms with Crippen molar-refractivity contribution in [2.45, 2.75) is 12.7 Å². The van der Waals surface area contributed by atoms with Crippen molar-refractivity contribution >= 4 is 17.5 Å². The standard InChI is InChI=1S/C12H12F3N3O2/c13-12(14,15)9-3-8(16)2-1-7(9)4-18-5-10(19)17-11(20)6-18/h1-3H,4-6,16H2,(H,17,19,20). The largest absolute Gasteiger partial charge is 0.416 e. The van der Waals surface area contributed by atoms with Gasteiger partial charge in [0.25, 0.3) is 0 Å². The fourth-order valence-electron chi connectivity index (χ4n) is 2.05. The van der Waals surface area contributed by atoms with Gasteiger partial charge in [0.1, 0.15) is 0 Å². The molecule has 0 atom stereocenters. The summed E-state index contributed by atoms with van der Waals surface area (Å²) in [6, 6.07) is 3.47. The van der Waals surface area contributed by atoms with Crippen molar-refractivity contribution in [2.75, 3.05) is 18.8 Å². The molecule has 0 saturated carbocycles. The van der Waals surface area contributed by atoms with Gasteiger partial charge in [-0.15, -0.1) is 0 Å². The van der Waals surface area contributed by atoms with Crippen molar-refractivity contribution in [1.29, 1.82) is 0 Å². The molecule has 1 aliphatic heterocycles. The van der Waals surface area contributed by atoms with Gasteiger partial charge in [-0.05, 0) is 17.7 Å². The van der Waals surface area contributed by atoms with Crippen molar-refractivity contribution in [1.82, 2.24) is 10.2 Å². The van der Waals surface area contributed by atoms with Crippen molar-refractivity contribution < 1.29 is 22.8 Å². The van der Waals surface area contributed by atoms with E-state index in [9.17, 15) is 22.8 Å². The molecule has 1 aromatic rings. The lowest BCUT2D eigenvalue weighted by atomic mass is 10.1. The van der Waals surface area contributed by atoms with E-state index in [0.29, 0.717) is 0 Å². The Hall–Kier alpha value is -2.09. The Balaban J connectivity index is 2.25. The molecule has 8 heteroatoms. The Labute approximate surface area is 112 Å². The van der Waals surface area contributed by atoms with E-state index >= 15 is 0 Å². The number of carbonyl (C=O) groups is 2. The van der Waals surface area contributed by atoms with Crippen LogP contribution in [-0.2, 0) is 22.3 Å². The van der Waals surface area contributed by atoms with E-state index in [1.807, 2.05) is 0 Å². The summed E-state index contributed by atoms with van der Waals surface area (Å²) < 4.78 is 38.7. The maximum atomic E-state index is 12.9. The molecule has 1 aromatic carbocycles. The number of hydrogen-bond donors (Lipinski definition) is 2. The van der Waals surface area contributed by atoms with Crippen molar-refractivity contribution in [2.24, 2.45) is 0 Å². The maximum absolute atomic E-state index is 12.9. The zero-order valence-corrected chi connectivity index (χ0v) is 10.3. The number of alkyl halides is 3. The van der Waals surface area contributed by atoms with E-state index in [2.05, 4.69) is 5.32 Å². The number of amides is 2. The number of rotatable bonds is 2. The number of halogens is 3. The summed E-state index contributed by atoms with van der Waals surface area (Å²) in [7, 11) is 0. The Kier molecular flexibility index (Phi) is 3.67. The second kappa shape index (κ2) is 5.12. The Morgan fingerprint density at radius 1 is 1.20 bits per heavy atom. The number of benzene rings is 1. The number of imide groups is 1. The van der Waals surface area contributed by atoms with Gasteiger partial charge in [-0.25, -0.2) is 0 Å². The maximum Gasteiger partial charge on any atom is 0.416 e. The summed E-state index contributed by atoms with van der Waals surface area (Å²) in [6.07, 6.45) is -4.53. The summed E-state index contributed by atoms with van der Waals surface area (Å²) in [6.45, 7) is -0.380. The molecule has 0 spiro atoms. The van der Waals surface area contributed by atoms with E-state index in [1.54, 1.807) is 0 Å². The first-order valence-electron chi connectivity index (χ1n) is 5.76. The molecule has 2 rings (SSSR count). The minimum atomic E-state index is -4.53. The topological polar surface area (TPSA) is 75.4 Å². The molecule has 0 aromatic heterocycles. The lowest BCUT2D eigenvalue weighted by molar-refractivity contribution is -0.138. The van der Waals surface area contributed by atoms with Crippen molar-refractivity contribution in [3.63, 3.8) is 0 Å². The van der Waals surface area contributed by atoms with Crippen LogP contribution in [0.15, 0.2) is 18.2 Å². The average Bonchev–Trinajstić information content (AvgIpc) is 2.28. The van der Waals surface area contributed by atoms with Gasteiger partial charge in [0.15, 0.2) is 0 Å². The molecule has 1 heterocycles. The Morgan fingerprint density at radius 3 is 2.35 bits per heavy atom. The highest BCUT2D eigenvalue weighted by molar-refractivity contribution is 5.99. The van der Waals surface area contributed by atoms with Crippen LogP contribution >= 0.6 is 0 Å². The number of nitrogens with zero attached hydrogens (tertiary/aromatic N) is 1. The molecule has 1 saturated heterocycles. The van der Waals surface area contributed by atoms with Crippen LogP contribution in [0.2, 0.25) is 0 Å². The van der Waals surface area contributed by atoms with E-state index < -0.39 is 23.6 Å². The van der Waals surface area contributed by atoms with E-state index in [4.69, 9.17) is 5.73 Å². The lowest BCUT2D eigenvalue weighted by Crippen LogP contribution is -2.51. The van der Waals surface area contributed by atoms with Crippen molar-refractivity contribution in [3.05, 3.63) is 29.3 Å². The molecule has 0 bridgehead atoms. The summed E-state index contributed by atoms with van der Waals surface area (Å²) in [4.78, 5) is 23.7. The first kappa shape index (κ1) is 14.3. The van der Waals surface area contributed by atoms with Gasteiger partial charge in [-0.1, -0.05) is 6.07 Å². The third-order valence-corrected chi connectivity index (χ3v) is 2.85. The summed E-state index contributed by atoms with van der Waals surface area (Å²) in [5.74, 6) is -1.05. The zero-order chi connectivity index (χ0) is 14.9. The van der Waals surface area contributed by atoms with Gasteiger partial charge in [0.05, 0.1) is 18.7 Å². The van der Waals surface area contributed by atoms with Gasteiger partial charge in [0, 0.05) is 12.2 Å². The number of anilines is 1.